The van der Waals surface area contributed by atoms with Crippen LogP contribution in [0.2, 0.25) is 5.02 Å². The molecule has 0 bridgehead atoms. The molecule has 5 nitrogen and oxygen atoms in total. The van der Waals surface area contributed by atoms with E-state index in [1.54, 1.807) is 48.5 Å². The lowest BCUT2D eigenvalue weighted by Gasteiger charge is -2.10. The normalized spacial score (nSPS) is 10.3. The number of aryl methyl sites for hydroxylation is 2. The molecular formula is C23H20ClNO4. The number of hydrogen-bond donors (Lipinski definition) is 1. The minimum absolute atomic E-state index is 0.239. The van der Waals surface area contributed by atoms with Crippen LogP contribution >= 0.6 is 11.6 Å². The SMILES string of the molecule is Cc1cc(OCC(=O)Oc2ccc(C(=O)Nc3ccccc3)cc2)cc(C)c1Cl. The van der Waals surface area contributed by atoms with Crippen LogP contribution in [0.25, 0.3) is 0 Å². The van der Waals surface area contributed by atoms with Crippen molar-refractivity contribution in [2.45, 2.75) is 13.8 Å². The Morgan fingerprint density at radius 2 is 1.52 bits per heavy atom. The third-order valence-corrected chi connectivity index (χ3v) is 4.74. The molecule has 0 saturated heterocycles. The molecule has 0 aliphatic rings. The minimum atomic E-state index is -0.545. The Morgan fingerprint density at radius 3 is 2.14 bits per heavy atom. The highest BCUT2D eigenvalue weighted by Gasteiger charge is 2.10. The van der Waals surface area contributed by atoms with Crippen molar-refractivity contribution in [3.05, 3.63) is 88.4 Å². The van der Waals surface area contributed by atoms with Gasteiger partial charge in [0.1, 0.15) is 11.5 Å². The fourth-order valence-corrected chi connectivity index (χ4v) is 2.80. The summed E-state index contributed by atoms with van der Waals surface area (Å²) < 4.78 is 10.7. The maximum Gasteiger partial charge on any atom is 0.349 e. The van der Waals surface area contributed by atoms with E-state index in [-0.39, 0.29) is 12.5 Å². The third-order valence-electron chi connectivity index (χ3n) is 4.15. The molecule has 0 fully saturated rings. The average molecular weight is 410 g/mol. The molecular weight excluding hydrogens is 390 g/mol. The van der Waals surface area contributed by atoms with Crippen molar-refractivity contribution in [2.75, 3.05) is 11.9 Å². The van der Waals surface area contributed by atoms with Crippen LogP contribution in [0.5, 0.6) is 11.5 Å². The zero-order valence-corrected chi connectivity index (χ0v) is 16.8. The van der Waals surface area contributed by atoms with Gasteiger partial charge in [-0.2, -0.15) is 0 Å². The molecule has 29 heavy (non-hydrogen) atoms. The largest absolute Gasteiger partial charge is 0.482 e. The quantitative estimate of drug-likeness (QED) is 0.449. The summed E-state index contributed by atoms with van der Waals surface area (Å²) in [5.74, 6) is 0.0928. The van der Waals surface area contributed by atoms with Gasteiger partial charge < -0.3 is 14.8 Å². The molecule has 3 aromatic carbocycles. The maximum atomic E-state index is 12.2. The summed E-state index contributed by atoms with van der Waals surface area (Å²) >= 11 is 6.12. The topological polar surface area (TPSA) is 64.6 Å². The zero-order valence-electron chi connectivity index (χ0n) is 16.1. The van der Waals surface area contributed by atoms with Gasteiger partial charge in [-0.25, -0.2) is 4.79 Å². The van der Waals surface area contributed by atoms with Crippen LogP contribution in [0.1, 0.15) is 21.5 Å². The molecule has 0 aliphatic carbocycles. The monoisotopic (exact) mass is 409 g/mol. The summed E-state index contributed by atoms with van der Waals surface area (Å²) in [4.78, 5) is 24.3. The van der Waals surface area contributed by atoms with Gasteiger partial charge in [0.05, 0.1) is 0 Å². The smallest absolute Gasteiger partial charge is 0.349 e. The van der Waals surface area contributed by atoms with Crippen molar-refractivity contribution in [1.29, 1.82) is 0 Å². The van der Waals surface area contributed by atoms with E-state index in [4.69, 9.17) is 21.1 Å². The Hall–Kier alpha value is -3.31. The summed E-state index contributed by atoms with van der Waals surface area (Å²) in [7, 11) is 0. The summed E-state index contributed by atoms with van der Waals surface area (Å²) in [6, 6.07) is 19.0. The Morgan fingerprint density at radius 1 is 0.897 bits per heavy atom. The number of ether oxygens (including phenoxy) is 2. The standard InChI is InChI=1S/C23H20ClNO4/c1-15-12-20(13-16(2)22(15)24)28-14-21(26)29-19-10-8-17(9-11-19)23(27)25-18-6-4-3-5-7-18/h3-13H,14H2,1-2H3,(H,25,27). The Kier molecular flexibility index (Phi) is 6.52. The molecule has 3 rings (SSSR count). The molecule has 1 N–H and O–H groups in total. The van der Waals surface area contributed by atoms with Crippen molar-refractivity contribution in [3.8, 4) is 11.5 Å². The van der Waals surface area contributed by atoms with Crippen molar-refractivity contribution in [2.24, 2.45) is 0 Å². The molecule has 0 atom stereocenters. The van der Waals surface area contributed by atoms with Gasteiger partial charge in [-0.1, -0.05) is 29.8 Å². The van der Waals surface area contributed by atoms with E-state index < -0.39 is 5.97 Å². The van der Waals surface area contributed by atoms with E-state index in [0.29, 0.717) is 27.8 Å². The van der Waals surface area contributed by atoms with Crippen LogP contribution in [-0.2, 0) is 4.79 Å². The van der Waals surface area contributed by atoms with Gasteiger partial charge in [-0.3, -0.25) is 4.79 Å². The molecule has 0 heterocycles. The Labute approximate surface area is 174 Å². The van der Waals surface area contributed by atoms with E-state index in [0.717, 1.165) is 11.1 Å². The first-order valence-electron chi connectivity index (χ1n) is 8.99. The van der Waals surface area contributed by atoms with Crippen molar-refractivity contribution in [1.82, 2.24) is 0 Å². The number of nitrogens with one attached hydrogen (secondary N) is 1. The van der Waals surface area contributed by atoms with Crippen molar-refractivity contribution in [3.63, 3.8) is 0 Å². The summed E-state index contributed by atoms with van der Waals surface area (Å²) in [5.41, 5.74) is 2.91. The molecule has 0 aromatic heterocycles. The third kappa shape index (κ3) is 5.59. The Bertz CT molecular complexity index is 994. The number of benzene rings is 3. The summed E-state index contributed by atoms with van der Waals surface area (Å²) in [6.45, 7) is 3.50. The number of carbonyl (C=O) groups excluding carboxylic acids is 2. The second-order valence-corrected chi connectivity index (χ2v) is 6.86. The lowest BCUT2D eigenvalue weighted by molar-refractivity contribution is -0.136. The fourth-order valence-electron chi connectivity index (χ4n) is 2.69. The van der Waals surface area contributed by atoms with Crippen LogP contribution < -0.4 is 14.8 Å². The Balaban J connectivity index is 1.54. The second-order valence-electron chi connectivity index (χ2n) is 6.48. The van der Waals surface area contributed by atoms with Crippen LogP contribution in [0.15, 0.2) is 66.7 Å². The molecule has 148 valence electrons. The highest BCUT2D eigenvalue weighted by molar-refractivity contribution is 6.32. The predicted octanol–water partition coefficient (Wildman–Crippen LogP) is 5.19. The number of anilines is 1. The van der Waals surface area contributed by atoms with Crippen molar-refractivity contribution < 1.29 is 19.1 Å². The van der Waals surface area contributed by atoms with Gasteiger partial charge in [0.15, 0.2) is 6.61 Å². The predicted molar refractivity (Wildman–Crippen MR) is 113 cm³/mol. The number of hydrogen-bond acceptors (Lipinski definition) is 4. The molecule has 0 unspecified atom stereocenters. The van der Waals surface area contributed by atoms with Gasteiger partial charge >= 0.3 is 5.97 Å². The molecule has 0 saturated carbocycles. The molecule has 0 spiro atoms. The maximum absolute atomic E-state index is 12.2. The van der Waals surface area contributed by atoms with Crippen LogP contribution in [-0.4, -0.2) is 18.5 Å². The van der Waals surface area contributed by atoms with Gasteiger partial charge in [0.25, 0.3) is 5.91 Å². The highest BCUT2D eigenvalue weighted by Crippen LogP contribution is 2.26. The second kappa shape index (κ2) is 9.26. The molecule has 3 aromatic rings. The van der Waals surface area contributed by atoms with Crippen molar-refractivity contribution >= 4 is 29.2 Å². The first-order chi connectivity index (χ1) is 13.9. The van der Waals surface area contributed by atoms with E-state index in [2.05, 4.69) is 5.32 Å². The first-order valence-corrected chi connectivity index (χ1v) is 9.37. The number of rotatable bonds is 6. The van der Waals surface area contributed by atoms with Crippen LogP contribution in [0, 0.1) is 13.8 Å². The van der Waals surface area contributed by atoms with Crippen LogP contribution in [0.3, 0.4) is 0 Å². The summed E-state index contributed by atoms with van der Waals surface area (Å²) in [6.07, 6.45) is 0. The van der Waals surface area contributed by atoms with Gasteiger partial charge in [-0.15, -0.1) is 0 Å². The lowest BCUT2D eigenvalue weighted by atomic mass is 10.1. The average Bonchev–Trinajstić information content (AvgIpc) is 2.71. The molecule has 0 aliphatic heterocycles. The van der Waals surface area contributed by atoms with Gasteiger partial charge in [0, 0.05) is 16.3 Å². The van der Waals surface area contributed by atoms with Gasteiger partial charge in [-0.05, 0) is 73.5 Å². The number of halogens is 1. The van der Waals surface area contributed by atoms with E-state index in [1.165, 1.54) is 0 Å². The highest BCUT2D eigenvalue weighted by atomic mass is 35.5. The van der Waals surface area contributed by atoms with Crippen LogP contribution in [0.4, 0.5) is 5.69 Å². The van der Waals surface area contributed by atoms with Gasteiger partial charge in [0.2, 0.25) is 0 Å². The molecule has 0 radical (unpaired) electrons. The van der Waals surface area contributed by atoms with E-state index in [1.807, 2.05) is 32.0 Å². The lowest BCUT2D eigenvalue weighted by Crippen LogP contribution is -2.18. The molecule has 6 heteroatoms. The zero-order chi connectivity index (χ0) is 20.8. The minimum Gasteiger partial charge on any atom is -0.482 e. The van der Waals surface area contributed by atoms with E-state index >= 15 is 0 Å². The number of amides is 1. The van der Waals surface area contributed by atoms with E-state index in [9.17, 15) is 9.59 Å². The first kappa shape index (κ1) is 20.4. The summed E-state index contributed by atoms with van der Waals surface area (Å²) in [5, 5.41) is 3.47. The number of esters is 1. The number of carbonyl (C=O) groups is 2. The number of para-hydroxylation sites is 1. The molecule has 1 amide bonds. The fraction of sp³-hybridized carbons (Fsp3) is 0.130.